The molecule has 11 heteroatoms. The number of rotatable bonds is 6. The predicted octanol–water partition coefficient (Wildman–Crippen LogP) is 1.52. The van der Waals surface area contributed by atoms with Crippen molar-refractivity contribution in [1.29, 1.82) is 0 Å². The maximum Gasteiger partial charge on any atom is 0.494 e. The Morgan fingerprint density at radius 3 is 2.27 bits per heavy atom. The first kappa shape index (κ1) is 28.9. The third kappa shape index (κ3) is 7.46. The van der Waals surface area contributed by atoms with Gasteiger partial charge in [-0.15, -0.1) is 0 Å². The summed E-state index contributed by atoms with van der Waals surface area (Å²) in [4.78, 5) is 39.2. The van der Waals surface area contributed by atoms with E-state index in [0.29, 0.717) is 19.6 Å². The van der Waals surface area contributed by atoms with Crippen LogP contribution < -0.4 is 16.5 Å². The first-order chi connectivity index (χ1) is 17.1. The van der Waals surface area contributed by atoms with Crippen LogP contribution in [0, 0.1) is 0 Å². The Kier molecular flexibility index (Phi) is 8.61. The van der Waals surface area contributed by atoms with Crippen molar-refractivity contribution >= 4 is 30.5 Å². The molecule has 2 atom stereocenters. The second kappa shape index (κ2) is 11.0. The molecule has 1 aromatic rings. The van der Waals surface area contributed by atoms with Gasteiger partial charge in [-0.3, -0.25) is 9.59 Å². The summed E-state index contributed by atoms with van der Waals surface area (Å²) >= 11 is 0. The van der Waals surface area contributed by atoms with Crippen LogP contribution in [0.2, 0.25) is 0 Å². The fourth-order valence-electron chi connectivity index (χ4n) is 3.99. The van der Waals surface area contributed by atoms with Crippen molar-refractivity contribution in [2.75, 3.05) is 19.7 Å². The summed E-state index contributed by atoms with van der Waals surface area (Å²) in [6.07, 6.45) is -0.683. The third-order valence-electron chi connectivity index (χ3n) is 6.83. The smallest absolute Gasteiger partial charge is 0.444 e. The number of nitrogens with two attached hydrogens (primary N) is 1. The van der Waals surface area contributed by atoms with Gasteiger partial charge in [0.25, 0.3) is 5.91 Å². The van der Waals surface area contributed by atoms with Crippen molar-refractivity contribution in [2.24, 2.45) is 5.73 Å². The van der Waals surface area contributed by atoms with E-state index in [1.165, 1.54) is 4.90 Å². The van der Waals surface area contributed by atoms with Crippen LogP contribution in [-0.4, -0.2) is 78.6 Å². The molecule has 37 heavy (non-hydrogen) atoms. The van der Waals surface area contributed by atoms with Gasteiger partial charge in [-0.25, -0.2) is 4.79 Å². The largest absolute Gasteiger partial charge is 0.494 e. The zero-order chi connectivity index (χ0) is 27.6. The maximum atomic E-state index is 13.0. The average molecular weight is 517 g/mol. The van der Waals surface area contributed by atoms with Crippen molar-refractivity contribution in [3.8, 4) is 0 Å². The number of amides is 3. The Balaban J connectivity index is 1.62. The van der Waals surface area contributed by atoms with E-state index in [1.54, 1.807) is 20.8 Å². The molecule has 2 heterocycles. The minimum absolute atomic E-state index is 0.0228. The van der Waals surface area contributed by atoms with Crippen molar-refractivity contribution < 1.29 is 33.2 Å². The number of nitrogens with one attached hydrogen (secondary N) is 1. The normalized spacial score (nSPS) is 22.2. The highest BCUT2D eigenvalue weighted by atomic mass is 16.7. The van der Waals surface area contributed by atoms with Gasteiger partial charge in [0, 0.05) is 19.6 Å². The summed E-state index contributed by atoms with van der Waals surface area (Å²) in [5.41, 5.74) is 5.72. The van der Waals surface area contributed by atoms with Gasteiger partial charge in [0.2, 0.25) is 5.91 Å². The van der Waals surface area contributed by atoms with Crippen molar-refractivity contribution in [2.45, 2.75) is 90.3 Å². The third-order valence-corrected chi connectivity index (χ3v) is 6.83. The number of benzene rings is 1. The lowest BCUT2D eigenvalue weighted by atomic mass is 9.78. The Labute approximate surface area is 219 Å². The molecular weight excluding hydrogens is 477 g/mol. The topological polar surface area (TPSA) is 129 Å². The monoisotopic (exact) mass is 517 g/mol. The summed E-state index contributed by atoms with van der Waals surface area (Å²) < 4.78 is 23.3. The maximum absolute atomic E-state index is 13.0. The molecule has 0 aromatic heterocycles. The van der Waals surface area contributed by atoms with Gasteiger partial charge in [-0.05, 0) is 65.9 Å². The van der Waals surface area contributed by atoms with Crippen LogP contribution in [0.3, 0.4) is 0 Å². The first-order valence-electron chi connectivity index (χ1n) is 12.7. The van der Waals surface area contributed by atoms with E-state index in [1.807, 2.05) is 52.0 Å². The van der Waals surface area contributed by atoms with Crippen LogP contribution in [-0.2, 0) is 34.8 Å². The number of hydrogen-bond acceptors (Lipinski definition) is 7. The summed E-state index contributed by atoms with van der Waals surface area (Å²) in [6, 6.07) is 6.52. The number of carbonyl (C=O) groups is 3. The second-order valence-corrected chi connectivity index (χ2v) is 11.6. The summed E-state index contributed by atoms with van der Waals surface area (Å²) in [5, 5.41) is 2.69. The van der Waals surface area contributed by atoms with Gasteiger partial charge in [0.05, 0.1) is 17.7 Å². The molecule has 10 nitrogen and oxygen atoms in total. The number of primary amides is 1. The van der Waals surface area contributed by atoms with Gasteiger partial charge >= 0.3 is 13.2 Å². The molecule has 2 aliphatic rings. The van der Waals surface area contributed by atoms with Crippen LogP contribution in [0.15, 0.2) is 24.3 Å². The van der Waals surface area contributed by atoms with E-state index in [-0.39, 0.29) is 13.0 Å². The van der Waals surface area contributed by atoms with E-state index in [2.05, 4.69) is 5.32 Å². The molecule has 2 saturated heterocycles. The number of ether oxygens (including phenoxy) is 2. The van der Waals surface area contributed by atoms with Crippen LogP contribution in [0.25, 0.3) is 0 Å². The Hall–Kier alpha value is -2.63. The van der Waals surface area contributed by atoms with E-state index in [4.69, 9.17) is 24.5 Å². The van der Waals surface area contributed by atoms with Crippen LogP contribution in [0.5, 0.6) is 0 Å². The van der Waals surface area contributed by atoms with E-state index < -0.39 is 54.0 Å². The second-order valence-electron chi connectivity index (χ2n) is 11.6. The minimum atomic E-state index is -0.947. The van der Waals surface area contributed by atoms with Crippen molar-refractivity contribution in [3.05, 3.63) is 29.8 Å². The van der Waals surface area contributed by atoms with Crippen molar-refractivity contribution in [3.63, 3.8) is 0 Å². The molecule has 3 amide bonds. The van der Waals surface area contributed by atoms with Gasteiger partial charge < -0.3 is 34.7 Å². The summed E-state index contributed by atoms with van der Waals surface area (Å²) in [7, 11) is -0.494. The minimum Gasteiger partial charge on any atom is -0.444 e. The highest BCUT2D eigenvalue weighted by molar-refractivity contribution is 6.62. The Bertz CT molecular complexity index is 975. The van der Waals surface area contributed by atoms with E-state index in [0.717, 1.165) is 11.0 Å². The highest BCUT2D eigenvalue weighted by Gasteiger charge is 2.51. The summed E-state index contributed by atoms with van der Waals surface area (Å²) in [5.74, 6) is -1.17. The van der Waals surface area contributed by atoms with Gasteiger partial charge in [0.15, 0.2) is 6.10 Å². The molecule has 2 aliphatic heterocycles. The SMILES string of the molecule is CC(C)(C)OC(=O)N1CCCOC(C(=O)N[C@@H](Cc2ccc(B3OC(C)(C)C(C)(C)O3)cc2)C(N)=O)C1. The highest BCUT2D eigenvalue weighted by Crippen LogP contribution is 2.36. The molecule has 3 N–H and O–H groups in total. The van der Waals surface area contributed by atoms with Crippen molar-refractivity contribution in [1.82, 2.24) is 10.2 Å². The lowest BCUT2D eigenvalue weighted by molar-refractivity contribution is -0.136. The number of hydrogen-bond donors (Lipinski definition) is 2. The van der Waals surface area contributed by atoms with Gasteiger partial charge in [-0.2, -0.15) is 0 Å². The lowest BCUT2D eigenvalue weighted by Crippen LogP contribution is -2.52. The average Bonchev–Trinajstić information content (AvgIpc) is 2.94. The lowest BCUT2D eigenvalue weighted by Gasteiger charge is -2.32. The van der Waals surface area contributed by atoms with Crippen LogP contribution in [0.1, 0.15) is 60.5 Å². The van der Waals surface area contributed by atoms with Gasteiger partial charge in [0.1, 0.15) is 11.6 Å². The zero-order valence-electron chi connectivity index (χ0n) is 23.0. The molecule has 3 rings (SSSR count). The van der Waals surface area contributed by atoms with Crippen LogP contribution in [0.4, 0.5) is 4.79 Å². The number of nitrogens with zero attached hydrogens (tertiary/aromatic N) is 1. The molecule has 0 saturated carbocycles. The van der Waals surface area contributed by atoms with E-state index in [9.17, 15) is 14.4 Å². The van der Waals surface area contributed by atoms with Gasteiger partial charge in [-0.1, -0.05) is 24.3 Å². The van der Waals surface area contributed by atoms with Crippen LogP contribution >= 0.6 is 0 Å². The molecule has 1 aromatic carbocycles. The Morgan fingerprint density at radius 1 is 1.14 bits per heavy atom. The standard InChI is InChI=1S/C26H40BN3O7/c1-24(2,3)35-23(33)30-13-8-14-34-20(16-30)22(32)29-19(21(28)31)15-17-9-11-18(12-10-17)27-36-25(4,5)26(6,7)37-27/h9-12,19-20H,8,13-16H2,1-7H3,(H2,28,31)(H,29,32)/t19-,20?/m0/s1. The fraction of sp³-hybridized carbons (Fsp3) is 0.654. The zero-order valence-corrected chi connectivity index (χ0v) is 23.0. The first-order valence-corrected chi connectivity index (χ1v) is 12.7. The molecular formula is C26H40BN3O7. The van der Waals surface area contributed by atoms with E-state index >= 15 is 0 Å². The molecule has 0 bridgehead atoms. The molecule has 0 aliphatic carbocycles. The predicted molar refractivity (Wildman–Crippen MR) is 139 cm³/mol. The summed E-state index contributed by atoms with van der Waals surface area (Å²) in [6.45, 7) is 14.0. The molecule has 1 unspecified atom stereocenters. The fourth-order valence-corrected chi connectivity index (χ4v) is 3.99. The molecule has 0 spiro atoms. The Morgan fingerprint density at radius 2 is 1.73 bits per heavy atom. The number of carbonyl (C=O) groups excluding carboxylic acids is 3. The molecule has 0 radical (unpaired) electrons. The molecule has 204 valence electrons. The quantitative estimate of drug-likeness (QED) is 0.548. The molecule has 2 fully saturated rings.